The molecule has 8 heteroatoms. The maximum Gasteiger partial charge on any atom is 0.515 e. The van der Waals surface area contributed by atoms with Crippen molar-refractivity contribution in [3.63, 3.8) is 0 Å². The molecule has 1 aliphatic heterocycles. The molecule has 1 rings (SSSR count). The summed E-state index contributed by atoms with van der Waals surface area (Å²) in [6.07, 6.45) is 0.434. The number of carbonyl (C=O) groups excluding carboxylic acids is 1. The summed E-state index contributed by atoms with van der Waals surface area (Å²) < 4.78 is 22.7. The van der Waals surface area contributed by atoms with Crippen LogP contribution < -0.4 is 0 Å². The number of ether oxygens (including phenoxy) is 1. The molecule has 1 fully saturated rings. The summed E-state index contributed by atoms with van der Waals surface area (Å²) >= 11 is 0. The molecule has 130 valence electrons. The predicted octanol–water partition coefficient (Wildman–Crippen LogP) is 1.35. The summed E-state index contributed by atoms with van der Waals surface area (Å²) in [7, 11) is -2.66. The molecule has 0 saturated carbocycles. The first kappa shape index (κ1) is 19.4. The highest BCUT2D eigenvalue weighted by molar-refractivity contribution is 6.60. The van der Waals surface area contributed by atoms with Gasteiger partial charge >= 0.3 is 14.9 Å². The largest absolute Gasteiger partial charge is 0.515 e. The zero-order chi connectivity index (χ0) is 16.4. The maximum atomic E-state index is 11.7. The van der Waals surface area contributed by atoms with Crippen LogP contribution in [0, 0.1) is 0 Å². The van der Waals surface area contributed by atoms with E-state index in [4.69, 9.17) is 18.0 Å². The van der Waals surface area contributed by atoms with Gasteiger partial charge in [-0.1, -0.05) is 0 Å². The molecule has 0 N–H and O–H groups in total. The molecule has 1 aliphatic rings. The topological polar surface area (TPSA) is 60.5 Å². The van der Waals surface area contributed by atoms with E-state index in [1.165, 1.54) is 0 Å². The molecule has 7 nitrogen and oxygen atoms in total. The molecule has 0 aromatic rings. The van der Waals surface area contributed by atoms with Crippen LogP contribution in [0.1, 0.15) is 27.7 Å². The number of amides is 1. The van der Waals surface area contributed by atoms with Crippen LogP contribution in [0.3, 0.4) is 0 Å². The van der Waals surface area contributed by atoms with Gasteiger partial charge in [-0.15, -0.1) is 0 Å². The van der Waals surface area contributed by atoms with Gasteiger partial charge in [0.1, 0.15) is 0 Å². The van der Waals surface area contributed by atoms with E-state index < -0.39 is 8.80 Å². The minimum absolute atomic E-state index is 0.231. The first-order chi connectivity index (χ1) is 10.6. The molecule has 0 spiro atoms. The van der Waals surface area contributed by atoms with Gasteiger partial charge < -0.3 is 22.9 Å². The summed E-state index contributed by atoms with van der Waals surface area (Å²) in [5.41, 5.74) is 0. The zero-order valence-corrected chi connectivity index (χ0v) is 15.3. The smallest absolute Gasteiger partial charge is 0.450 e. The van der Waals surface area contributed by atoms with E-state index in [0.717, 1.165) is 13.1 Å². The van der Waals surface area contributed by atoms with Crippen molar-refractivity contribution in [3.05, 3.63) is 0 Å². The minimum Gasteiger partial charge on any atom is -0.450 e. The Morgan fingerprint density at radius 2 is 1.36 bits per heavy atom. The standard InChI is InChI=1S/C14H30N2O5Si/c1-5-18-14(17)16-11-9-15(10-12-16)13-22(19-6-2,20-7-3)21-8-4/h5-13H2,1-4H3. The van der Waals surface area contributed by atoms with Gasteiger partial charge in [-0.05, 0) is 27.7 Å². The second kappa shape index (κ2) is 10.2. The number of rotatable bonds is 9. The third-order valence-corrected chi connectivity index (χ3v) is 6.43. The lowest BCUT2D eigenvalue weighted by Gasteiger charge is -2.38. The van der Waals surface area contributed by atoms with Crippen LogP contribution in [-0.2, 0) is 18.0 Å². The lowest BCUT2D eigenvalue weighted by atomic mass is 10.3. The molecule has 22 heavy (non-hydrogen) atoms. The van der Waals surface area contributed by atoms with Gasteiger partial charge in [-0.3, -0.25) is 4.90 Å². The van der Waals surface area contributed by atoms with Crippen molar-refractivity contribution in [2.24, 2.45) is 0 Å². The Morgan fingerprint density at radius 1 is 0.864 bits per heavy atom. The van der Waals surface area contributed by atoms with Crippen molar-refractivity contribution in [1.29, 1.82) is 0 Å². The average Bonchev–Trinajstić information content (AvgIpc) is 2.49. The van der Waals surface area contributed by atoms with Gasteiger partial charge in [-0.2, -0.15) is 0 Å². The van der Waals surface area contributed by atoms with Gasteiger partial charge in [0.15, 0.2) is 0 Å². The molecule has 0 aromatic heterocycles. The van der Waals surface area contributed by atoms with Crippen molar-refractivity contribution >= 4 is 14.9 Å². The summed E-state index contributed by atoms with van der Waals surface area (Å²) in [6.45, 7) is 12.7. The van der Waals surface area contributed by atoms with Crippen LogP contribution in [0.5, 0.6) is 0 Å². The highest BCUT2D eigenvalue weighted by Crippen LogP contribution is 2.14. The van der Waals surface area contributed by atoms with Crippen molar-refractivity contribution in [2.75, 3.05) is 58.8 Å². The second-order valence-electron chi connectivity index (χ2n) is 4.94. The van der Waals surface area contributed by atoms with Crippen molar-refractivity contribution in [1.82, 2.24) is 9.80 Å². The Kier molecular flexibility index (Phi) is 8.95. The number of carbonyl (C=O) groups is 1. The predicted molar refractivity (Wildman–Crippen MR) is 85.7 cm³/mol. The van der Waals surface area contributed by atoms with Crippen LogP contribution in [0.25, 0.3) is 0 Å². The third-order valence-electron chi connectivity index (χ3n) is 3.41. The monoisotopic (exact) mass is 334 g/mol. The SMILES string of the molecule is CCOC(=O)N1CCN(C[Si](OCC)(OCC)OCC)CC1. The molecule has 0 aliphatic carbocycles. The number of hydrogen-bond donors (Lipinski definition) is 0. The Hall–Kier alpha value is -0.673. The first-order valence-electron chi connectivity index (χ1n) is 8.16. The van der Waals surface area contributed by atoms with Crippen molar-refractivity contribution in [2.45, 2.75) is 27.7 Å². The van der Waals surface area contributed by atoms with Crippen LogP contribution >= 0.6 is 0 Å². The molecule has 0 unspecified atom stereocenters. The van der Waals surface area contributed by atoms with Gasteiger partial charge in [0.05, 0.1) is 12.8 Å². The number of piperazine rings is 1. The van der Waals surface area contributed by atoms with Crippen LogP contribution in [0.4, 0.5) is 4.79 Å². The van der Waals surface area contributed by atoms with Crippen molar-refractivity contribution in [3.8, 4) is 0 Å². The highest BCUT2D eigenvalue weighted by Gasteiger charge is 2.43. The van der Waals surface area contributed by atoms with E-state index in [2.05, 4.69) is 4.90 Å². The van der Waals surface area contributed by atoms with Crippen LogP contribution in [0.2, 0.25) is 0 Å². The Morgan fingerprint density at radius 3 is 1.77 bits per heavy atom. The van der Waals surface area contributed by atoms with Crippen molar-refractivity contribution < 1.29 is 22.8 Å². The summed E-state index contributed by atoms with van der Waals surface area (Å²) in [5, 5.41) is 0. The average molecular weight is 334 g/mol. The number of nitrogens with zero attached hydrogens (tertiary/aromatic N) is 2. The van der Waals surface area contributed by atoms with Gasteiger partial charge in [0, 0.05) is 46.0 Å². The van der Waals surface area contributed by atoms with Gasteiger partial charge in [-0.25, -0.2) is 4.79 Å². The molecule has 1 amide bonds. The molecule has 0 radical (unpaired) electrons. The van der Waals surface area contributed by atoms with E-state index in [1.807, 2.05) is 27.7 Å². The van der Waals surface area contributed by atoms with Gasteiger partial charge in [0.25, 0.3) is 0 Å². The summed E-state index contributed by atoms with van der Waals surface area (Å²) in [5.74, 6) is 0. The fraction of sp³-hybridized carbons (Fsp3) is 0.929. The molecule has 0 aromatic carbocycles. The molecule has 1 heterocycles. The number of hydrogen-bond acceptors (Lipinski definition) is 6. The van der Waals surface area contributed by atoms with E-state index in [1.54, 1.807) is 4.90 Å². The minimum atomic E-state index is -2.66. The van der Waals surface area contributed by atoms with E-state index >= 15 is 0 Å². The molecule has 0 bridgehead atoms. The highest BCUT2D eigenvalue weighted by atomic mass is 28.4. The summed E-state index contributed by atoms with van der Waals surface area (Å²) in [6, 6.07) is 0. The Labute approximate surface area is 134 Å². The maximum absolute atomic E-state index is 11.7. The quantitative estimate of drug-likeness (QED) is 0.593. The fourth-order valence-electron chi connectivity index (χ4n) is 2.50. The normalized spacial score (nSPS) is 16.8. The van der Waals surface area contributed by atoms with Crippen LogP contribution in [0.15, 0.2) is 0 Å². The summed E-state index contributed by atoms with van der Waals surface area (Å²) in [4.78, 5) is 15.7. The molecule has 0 atom stereocenters. The fourth-order valence-corrected chi connectivity index (χ4v) is 5.21. The third kappa shape index (κ3) is 5.84. The second-order valence-corrected chi connectivity index (χ2v) is 7.49. The molecule has 1 saturated heterocycles. The lowest BCUT2D eigenvalue weighted by molar-refractivity contribution is 0.0445. The zero-order valence-electron chi connectivity index (χ0n) is 14.3. The van der Waals surface area contributed by atoms with Gasteiger partial charge in [0.2, 0.25) is 0 Å². The van der Waals surface area contributed by atoms with E-state index in [9.17, 15) is 4.79 Å². The van der Waals surface area contributed by atoms with E-state index in [0.29, 0.717) is 45.7 Å². The molecular formula is C14H30N2O5Si. The van der Waals surface area contributed by atoms with Crippen LogP contribution in [-0.4, -0.2) is 83.5 Å². The Balaban J connectivity index is 2.55. The molecular weight excluding hydrogens is 304 g/mol. The Bertz CT molecular complexity index is 307. The lowest BCUT2D eigenvalue weighted by Crippen LogP contribution is -2.59. The van der Waals surface area contributed by atoms with E-state index in [-0.39, 0.29) is 6.09 Å². The first-order valence-corrected chi connectivity index (χ1v) is 10.1.